The quantitative estimate of drug-likeness (QED) is 0.582. The number of fused-ring (bicyclic) bond motifs is 2. The lowest BCUT2D eigenvalue weighted by molar-refractivity contribution is 0.130. The number of benzene rings is 2. The summed E-state index contributed by atoms with van der Waals surface area (Å²) in [5, 5.41) is -0.361. The SMILES string of the molecule is O=C(Cl)N1CCN(C(c2ccc3c(c2)COC3)c2ccc3c(c2)COC3)CC1. The lowest BCUT2D eigenvalue weighted by Crippen LogP contribution is -2.48. The third kappa shape index (κ3) is 3.33. The second-order valence-electron chi connectivity index (χ2n) is 7.72. The average molecular weight is 399 g/mol. The summed E-state index contributed by atoms with van der Waals surface area (Å²) in [6.07, 6.45) is 0. The number of carbonyl (C=O) groups is 1. The first-order chi connectivity index (χ1) is 13.7. The highest BCUT2D eigenvalue weighted by Gasteiger charge is 2.29. The number of halogens is 1. The van der Waals surface area contributed by atoms with Crippen molar-refractivity contribution in [1.29, 1.82) is 0 Å². The second kappa shape index (κ2) is 7.48. The Morgan fingerprint density at radius 3 is 1.79 bits per heavy atom. The maximum absolute atomic E-state index is 11.5. The number of nitrogens with zero attached hydrogens (tertiary/aromatic N) is 2. The summed E-state index contributed by atoms with van der Waals surface area (Å²) in [5.41, 5.74) is 7.66. The molecule has 1 fully saturated rings. The highest BCUT2D eigenvalue weighted by molar-refractivity contribution is 6.62. The van der Waals surface area contributed by atoms with Crippen LogP contribution in [0.3, 0.4) is 0 Å². The second-order valence-corrected chi connectivity index (χ2v) is 8.04. The van der Waals surface area contributed by atoms with E-state index in [4.69, 9.17) is 21.1 Å². The van der Waals surface area contributed by atoms with E-state index in [-0.39, 0.29) is 11.4 Å². The predicted molar refractivity (Wildman–Crippen MR) is 106 cm³/mol. The van der Waals surface area contributed by atoms with Crippen LogP contribution < -0.4 is 0 Å². The molecular formula is C22H23ClN2O3. The predicted octanol–water partition coefficient (Wildman–Crippen LogP) is 3.81. The highest BCUT2D eigenvalue weighted by atomic mass is 35.5. The normalized spacial score (nSPS) is 19.1. The van der Waals surface area contributed by atoms with E-state index in [0.717, 1.165) is 13.1 Å². The monoisotopic (exact) mass is 398 g/mol. The highest BCUT2D eigenvalue weighted by Crippen LogP contribution is 2.34. The molecule has 3 heterocycles. The Morgan fingerprint density at radius 1 is 0.786 bits per heavy atom. The van der Waals surface area contributed by atoms with Crippen LogP contribution in [-0.2, 0) is 35.9 Å². The molecule has 28 heavy (non-hydrogen) atoms. The minimum Gasteiger partial charge on any atom is -0.372 e. The van der Waals surface area contributed by atoms with Crippen LogP contribution in [0.1, 0.15) is 39.4 Å². The third-order valence-electron chi connectivity index (χ3n) is 6.05. The maximum atomic E-state index is 11.5. The molecule has 5 rings (SSSR count). The summed E-state index contributed by atoms with van der Waals surface area (Å²) in [6, 6.07) is 13.6. The molecule has 3 aliphatic heterocycles. The molecule has 3 aliphatic rings. The fraction of sp³-hybridized carbons (Fsp3) is 0.409. The molecule has 6 heteroatoms. The fourth-order valence-corrected chi connectivity index (χ4v) is 4.66. The van der Waals surface area contributed by atoms with Gasteiger partial charge in [0.15, 0.2) is 0 Å². The molecule has 2 aromatic carbocycles. The van der Waals surface area contributed by atoms with Crippen LogP contribution in [0.15, 0.2) is 36.4 Å². The Hall–Kier alpha value is -1.92. The molecule has 1 saturated heterocycles. The van der Waals surface area contributed by atoms with E-state index in [9.17, 15) is 4.79 Å². The molecule has 0 radical (unpaired) electrons. The Balaban J connectivity index is 1.50. The van der Waals surface area contributed by atoms with Crippen molar-refractivity contribution in [2.24, 2.45) is 0 Å². The summed E-state index contributed by atoms with van der Waals surface area (Å²) >= 11 is 5.69. The molecule has 1 amide bonds. The number of rotatable bonds is 3. The van der Waals surface area contributed by atoms with Crippen molar-refractivity contribution in [1.82, 2.24) is 9.80 Å². The van der Waals surface area contributed by atoms with Gasteiger partial charge in [0.25, 0.3) is 0 Å². The number of ether oxygens (including phenoxy) is 2. The van der Waals surface area contributed by atoms with Crippen LogP contribution in [0, 0.1) is 0 Å². The average Bonchev–Trinajstić information content (AvgIpc) is 3.37. The van der Waals surface area contributed by atoms with E-state index in [1.165, 1.54) is 33.4 Å². The van der Waals surface area contributed by atoms with Crippen LogP contribution in [0.25, 0.3) is 0 Å². The van der Waals surface area contributed by atoms with Gasteiger partial charge >= 0.3 is 5.37 Å². The zero-order valence-electron chi connectivity index (χ0n) is 15.7. The van der Waals surface area contributed by atoms with E-state index < -0.39 is 0 Å². The lowest BCUT2D eigenvalue weighted by atomic mass is 9.92. The number of piperazine rings is 1. The number of carbonyl (C=O) groups excluding carboxylic acids is 1. The van der Waals surface area contributed by atoms with Gasteiger partial charge in [-0.25, -0.2) is 0 Å². The van der Waals surface area contributed by atoms with E-state index in [0.29, 0.717) is 39.5 Å². The third-order valence-corrected chi connectivity index (χ3v) is 6.29. The largest absolute Gasteiger partial charge is 0.372 e. The molecule has 0 aliphatic carbocycles. The van der Waals surface area contributed by atoms with Crippen LogP contribution in [0.4, 0.5) is 4.79 Å². The van der Waals surface area contributed by atoms with E-state index in [2.05, 4.69) is 41.3 Å². The van der Waals surface area contributed by atoms with E-state index >= 15 is 0 Å². The van der Waals surface area contributed by atoms with Crippen LogP contribution in [-0.4, -0.2) is 41.3 Å². The van der Waals surface area contributed by atoms with Crippen molar-refractivity contribution in [2.45, 2.75) is 32.5 Å². The van der Waals surface area contributed by atoms with Gasteiger partial charge in [0.05, 0.1) is 32.5 Å². The van der Waals surface area contributed by atoms with Crippen molar-refractivity contribution >= 4 is 17.0 Å². The van der Waals surface area contributed by atoms with Gasteiger partial charge in [-0.15, -0.1) is 0 Å². The minimum absolute atomic E-state index is 0.143. The Bertz CT molecular complexity index is 851. The van der Waals surface area contributed by atoms with E-state index in [1.807, 2.05) is 0 Å². The summed E-state index contributed by atoms with van der Waals surface area (Å²) in [7, 11) is 0. The molecule has 0 aromatic heterocycles. The molecule has 2 aromatic rings. The molecular weight excluding hydrogens is 376 g/mol. The van der Waals surface area contributed by atoms with Gasteiger partial charge < -0.3 is 14.4 Å². The number of hydrogen-bond donors (Lipinski definition) is 0. The minimum atomic E-state index is -0.361. The maximum Gasteiger partial charge on any atom is 0.316 e. The first-order valence-corrected chi connectivity index (χ1v) is 10.1. The first kappa shape index (κ1) is 18.1. The van der Waals surface area contributed by atoms with Crippen molar-refractivity contribution in [2.75, 3.05) is 26.2 Å². The number of hydrogen-bond acceptors (Lipinski definition) is 4. The molecule has 0 N–H and O–H groups in total. The van der Waals surface area contributed by atoms with Gasteiger partial charge in [-0.2, -0.15) is 0 Å². The fourth-order valence-electron chi connectivity index (χ4n) is 4.49. The van der Waals surface area contributed by atoms with Gasteiger partial charge in [0.2, 0.25) is 0 Å². The van der Waals surface area contributed by atoms with Crippen molar-refractivity contribution in [3.8, 4) is 0 Å². The molecule has 0 bridgehead atoms. The molecule has 5 nitrogen and oxygen atoms in total. The van der Waals surface area contributed by atoms with Crippen molar-refractivity contribution < 1.29 is 14.3 Å². The zero-order valence-corrected chi connectivity index (χ0v) is 16.5. The van der Waals surface area contributed by atoms with Gasteiger partial charge in [-0.05, 0) is 45.0 Å². The Morgan fingerprint density at radius 2 is 1.29 bits per heavy atom. The summed E-state index contributed by atoms with van der Waals surface area (Å²) in [6.45, 7) is 5.67. The van der Waals surface area contributed by atoms with Crippen molar-refractivity contribution in [3.05, 3.63) is 69.8 Å². The van der Waals surface area contributed by atoms with Crippen molar-refractivity contribution in [3.63, 3.8) is 0 Å². The Labute approximate surface area is 169 Å². The van der Waals surface area contributed by atoms with Gasteiger partial charge in [-0.3, -0.25) is 9.69 Å². The molecule has 0 spiro atoms. The molecule has 0 saturated carbocycles. The zero-order chi connectivity index (χ0) is 19.1. The lowest BCUT2D eigenvalue weighted by Gasteiger charge is -2.39. The summed E-state index contributed by atoms with van der Waals surface area (Å²) < 4.78 is 11.2. The topological polar surface area (TPSA) is 42.0 Å². The Kier molecular flexibility index (Phi) is 4.85. The van der Waals surface area contributed by atoms with Crippen LogP contribution >= 0.6 is 11.6 Å². The van der Waals surface area contributed by atoms with Crippen LogP contribution in [0.5, 0.6) is 0 Å². The van der Waals surface area contributed by atoms with Crippen LogP contribution in [0.2, 0.25) is 0 Å². The van der Waals surface area contributed by atoms with Gasteiger partial charge in [0.1, 0.15) is 0 Å². The first-order valence-electron chi connectivity index (χ1n) is 9.76. The van der Waals surface area contributed by atoms with E-state index in [1.54, 1.807) is 4.90 Å². The standard InChI is InChI=1S/C22H23ClN2O3/c23-22(26)25-7-5-24(6-8-25)21(15-1-3-17-11-27-13-19(17)9-15)16-2-4-18-12-28-14-20(18)10-16/h1-4,9-10,21H,5-8,11-14H2. The summed E-state index contributed by atoms with van der Waals surface area (Å²) in [4.78, 5) is 15.7. The molecule has 0 unspecified atom stereocenters. The number of amides is 1. The van der Waals surface area contributed by atoms with Gasteiger partial charge in [-0.1, -0.05) is 36.4 Å². The molecule has 0 atom stereocenters. The van der Waals surface area contributed by atoms with Gasteiger partial charge in [0, 0.05) is 26.2 Å². The smallest absolute Gasteiger partial charge is 0.316 e. The summed E-state index contributed by atoms with van der Waals surface area (Å²) in [5.74, 6) is 0. The molecule has 146 valence electrons.